The van der Waals surface area contributed by atoms with Gasteiger partial charge in [-0.05, 0) is 13.8 Å². The number of sulfonamides is 1. The molecule has 1 fully saturated rings. The second-order valence-electron chi connectivity index (χ2n) is 5.94. The Morgan fingerprint density at radius 3 is 2.15 bits per heavy atom. The fourth-order valence-electron chi connectivity index (χ4n) is 2.81. The third kappa shape index (κ3) is 3.53. The molecule has 0 aromatic carbocycles. The quantitative estimate of drug-likeness (QED) is 0.751. The monoisotopic (exact) mass is 395 g/mol. The van der Waals surface area contributed by atoms with Gasteiger partial charge in [-0.2, -0.15) is 4.31 Å². The van der Waals surface area contributed by atoms with Crippen molar-refractivity contribution in [2.75, 3.05) is 26.2 Å². The van der Waals surface area contributed by atoms with Crippen LogP contribution < -0.4 is 0 Å². The molecule has 12 heteroatoms. The van der Waals surface area contributed by atoms with E-state index in [4.69, 9.17) is 9.63 Å². The molecule has 0 atom stereocenters. The second kappa shape index (κ2) is 7.04. The zero-order chi connectivity index (χ0) is 19.8. The van der Waals surface area contributed by atoms with Crippen LogP contribution >= 0.6 is 0 Å². The number of carboxylic acids is 1. The number of carbonyl (C=O) groups is 2. The summed E-state index contributed by atoms with van der Waals surface area (Å²) in [6.45, 7) is 3.65. The molecule has 3 rings (SSSR count). The molecule has 3 heterocycles. The van der Waals surface area contributed by atoms with Crippen molar-refractivity contribution < 1.29 is 27.6 Å². The maximum absolute atomic E-state index is 12.8. The zero-order valence-corrected chi connectivity index (χ0v) is 15.4. The average molecular weight is 395 g/mol. The third-order valence-electron chi connectivity index (χ3n) is 4.18. The second-order valence-corrected chi connectivity index (χ2v) is 7.82. The molecular weight excluding hydrogens is 378 g/mol. The summed E-state index contributed by atoms with van der Waals surface area (Å²) in [5, 5.41) is 12.5. The molecular formula is C15H17N5O6S. The normalized spacial score (nSPS) is 15.7. The Bertz CT molecular complexity index is 957. The van der Waals surface area contributed by atoms with E-state index in [1.54, 1.807) is 6.92 Å². The maximum Gasteiger partial charge on any atom is 0.356 e. The first-order chi connectivity index (χ1) is 12.7. The van der Waals surface area contributed by atoms with Gasteiger partial charge in [-0.1, -0.05) is 5.16 Å². The van der Waals surface area contributed by atoms with E-state index >= 15 is 0 Å². The van der Waals surface area contributed by atoms with E-state index in [-0.39, 0.29) is 48.2 Å². The fraction of sp³-hybridized carbons (Fsp3) is 0.400. The highest BCUT2D eigenvalue weighted by atomic mass is 32.2. The largest absolute Gasteiger partial charge is 0.476 e. The lowest BCUT2D eigenvalue weighted by Crippen LogP contribution is -2.50. The van der Waals surface area contributed by atoms with Crippen LogP contribution in [0.2, 0.25) is 0 Å². The number of aromatic carboxylic acids is 1. The van der Waals surface area contributed by atoms with Crippen molar-refractivity contribution >= 4 is 21.9 Å². The minimum atomic E-state index is -3.76. The molecule has 0 bridgehead atoms. The number of amides is 1. The van der Waals surface area contributed by atoms with E-state index < -0.39 is 21.9 Å². The smallest absolute Gasteiger partial charge is 0.356 e. The average Bonchev–Trinajstić information content (AvgIpc) is 3.00. The molecule has 0 aliphatic carbocycles. The topological polar surface area (TPSA) is 147 Å². The molecule has 11 nitrogen and oxygen atoms in total. The predicted octanol–water partition coefficient (Wildman–Crippen LogP) is -0.0737. The molecule has 1 saturated heterocycles. The van der Waals surface area contributed by atoms with Crippen molar-refractivity contribution in [1.82, 2.24) is 24.3 Å². The number of piperazine rings is 1. The minimum absolute atomic E-state index is 0.00188. The van der Waals surface area contributed by atoms with E-state index in [1.807, 2.05) is 0 Å². The fourth-order valence-corrected chi connectivity index (χ4v) is 4.53. The molecule has 144 valence electrons. The lowest BCUT2D eigenvalue weighted by molar-refractivity contribution is 0.0674. The molecule has 2 aromatic heterocycles. The lowest BCUT2D eigenvalue weighted by Gasteiger charge is -2.33. The van der Waals surface area contributed by atoms with Gasteiger partial charge in [-0.3, -0.25) is 4.79 Å². The van der Waals surface area contributed by atoms with Crippen molar-refractivity contribution in [3.8, 4) is 0 Å². The SMILES string of the molecule is Cc1noc(C)c1S(=O)(=O)N1CCN(C(=O)c2cnc(C(=O)O)cn2)CC1. The Kier molecular flexibility index (Phi) is 4.93. The minimum Gasteiger partial charge on any atom is -0.476 e. The summed E-state index contributed by atoms with van der Waals surface area (Å²) in [6, 6.07) is 0. The van der Waals surface area contributed by atoms with Crippen LogP contribution in [0, 0.1) is 13.8 Å². The van der Waals surface area contributed by atoms with E-state index in [1.165, 1.54) is 16.1 Å². The Morgan fingerprint density at radius 2 is 1.67 bits per heavy atom. The van der Waals surface area contributed by atoms with Crippen LogP contribution in [0.4, 0.5) is 0 Å². The van der Waals surface area contributed by atoms with Crippen LogP contribution in [0.5, 0.6) is 0 Å². The van der Waals surface area contributed by atoms with Crippen LogP contribution in [0.1, 0.15) is 32.4 Å². The number of carbonyl (C=O) groups excluding carboxylic acids is 1. The highest BCUT2D eigenvalue weighted by Crippen LogP contribution is 2.24. The standard InChI is InChI=1S/C15H17N5O6S/c1-9-13(10(2)26-18-9)27(24,25)20-5-3-19(4-6-20)14(21)11-7-17-12(8-16-11)15(22)23/h7-8H,3-6H2,1-2H3,(H,22,23). The van der Waals surface area contributed by atoms with Gasteiger partial charge in [-0.25, -0.2) is 23.2 Å². The molecule has 1 aliphatic heterocycles. The summed E-state index contributed by atoms with van der Waals surface area (Å²) >= 11 is 0. The van der Waals surface area contributed by atoms with Crippen LogP contribution in [0.15, 0.2) is 21.8 Å². The van der Waals surface area contributed by atoms with Crippen LogP contribution in [-0.2, 0) is 10.0 Å². The third-order valence-corrected chi connectivity index (χ3v) is 6.33. The Balaban J connectivity index is 1.70. The molecule has 0 saturated carbocycles. The van der Waals surface area contributed by atoms with E-state index in [9.17, 15) is 18.0 Å². The number of aryl methyl sites for hydroxylation is 2. The summed E-state index contributed by atoms with van der Waals surface area (Å²) in [5.74, 6) is -1.45. The molecule has 1 aliphatic rings. The van der Waals surface area contributed by atoms with Gasteiger partial charge in [-0.15, -0.1) is 0 Å². The molecule has 1 amide bonds. The molecule has 0 unspecified atom stereocenters. The van der Waals surface area contributed by atoms with Crippen molar-refractivity contribution in [2.24, 2.45) is 0 Å². The van der Waals surface area contributed by atoms with Gasteiger partial charge in [0.05, 0.1) is 12.4 Å². The number of nitrogens with zero attached hydrogens (tertiary/aromatic N) is 5. The maximum atomic E-state index is 12.8. The Hall–Kier alpha value is -2.86. The van der Waals surface area contributed by atoms with Crippen molar-refractivity contribution in [2.45, 2.75) is 18.7 Å². The van der Waals surface area contributed by atoms with Crippen LogP contribution in [0.25, 0.3) is 0 Å². The first kappa shape index (κ1) is 18.9. The number of hydrogen-bond donors (Lipinski definition) is 1. The van der Waals surface area contributed by atoms with E-state index in [2.05, 4.69) is 15.1 Å². The van der Waals surface area contributed by atoms with Gasteiger partial charge in [0.1, 0.15) is 16.3 Å². The zero-order valence-electron chi connectivity index (χ0n) is 14.6. The molecule has 0 radical (unpaired) electrons. The summed E-state index contributed by atoms with van der Waals surface area (Å²) in [4.78, 5) is 32.2. The molecule has 2 aromatic rings. The van der Waals surface area contributed by atoms with Crippen molar-refractivity contribution in [3.63, 3.8) is 0 Å². The van der Waals surface area contributed by atoms with E-state index in [0.717, 1.165) is 12.4 Å². The number of rotatable bonds is 4. The van der Waals surface area contributed by atoms with Gasteiger partial charge in [0.15, 0.2) is 11.5 Å². The first-order valence-electron chi connectivity index (χ1n) is 7.99. The summed E-state index contributed by atoms with van der Waals surface area (Å²) in [5.41, 5.74) is 0.0313. The lowest BCUT2D eigenvalue weighted by atomic mass is 10.3. The molecule has 27 heavy (non-hydrogen) atoms. The van der Waals surface area contributed by atoms with Gasteiger partial charge in [0.25, 0.3) is 5.91 Å². The Labute approximate surface area is 154 Å². The van der Waals surface area contributed by atoms with Gasteiger partial charge in [0, 0.05) is 26.2 Å². The summed E-state index contributed by atoms with van der Waals surface area (Å²) < 4.78 is 31.8. The predicted molar refractivity (Wildman–Crippen MR) is 89.6 cm³/mol. The summed E-state index contributed by atoms with van der Waals surface area (Å²) in [7, 11) is -3.76. The Morgan fingerprint density at radius 1 is 1.07 bits per heavy atom. The highest BCUT2D eigenvalue weighted by Gasteiger charge is 2.34. The first-order valence-corrected chi connectivity index (χ1v) is 9.43. The van der Waals surface area contributed by atoms with Gasteiger partial charge >= 0.3 is 5.97 Å². The molecule has 0 spiro atoms. The number of aromatic nitrogens is 3. The highest BCUT2D eigenvalue weighted by molar-refractivity contribution is 7.89. The number of hydrogen-bond acceptors (Lipinski definition) is 8. The van der Waals surface area contributed by atoms with Crippen LogP contribution in [-0.4, -0.2) is 75.9 Å². The number of carboxylic acid groups (broad SMARTS) is 1. The van der Waals surface area contributed by atoms with Crippen molar-refractivity contribution in [1.29, 1.82) is 0 Å². The van der Waals surface area contributed by atoms with E-state index in [0.29, 0.717) is 5.69 Å². The van der Waals surface area contributed by atoms with Gasteiger partial charge < -0.3 is 14.5 Å². The van der Waals surface area contributed by atoms with Crippen LogP contribution in [0.3, 0.4) is 0 Å². The summed E-state index contributed by atoms with van der Waals surface area (Å²) in [6.07, 6.45) is 2.10. The van der Waals surface area contributed by atoms with Crippen molar-refractivity contribution in [3.05, 3.63) is 35.2 Å². The molecule has 1 N–H and O–H groups in total. The van der Waals surface area contributed by atoms with Gasteiger partial charge in [0.2, 0.25) is 10.0 Å².